The predicted octanol–water partition coefficient (Wildman–Crippen LogP) is 2.95. The highest BCUT2D eigenvalue weighted by Crippen LogP contribution is 2.22. The number of para-hydroxylation sites is 1. The molecule has 2 rings (SSSR count). The molecule has 0 saturated heterocycles. The van der Waals surface area contributed by atoms with E-state index in [1.165, 1.54) is 11.3 Å². The van der Waals surface area contributed by atoms with E-state index in [9.17, 15) is 0 Å². The SMILES string of the molecule is CN(Cc1nccn1C)c1ccccc1CBr. The van der Waals surface area contributed by atoms with Crippen LogP contribution in [0.5, 0.6) is 0 Å². The summed E-state index contributed by atoms with van der Waals surface area (Å²) in [7, 11) is 4.11. The predicted molar refractivity (Wildman–Crippen MR) is 74.4 cm³/mol. The first-order valence-corrected chi connectivity index (χ1v) is 6.65. The van der Waals surface area contributed by atoms with Gasteiger partial charge in [-0.3, -0.25) is 0 Å². The average molecular weight is 294 g/mol. The summed E-state index contributed by atoms with van der Waals surface area (Å²) in [6.45, 7) is 0.813. The number of alkyl halides is 1. The van der Waals surface area contributed by atoms with Crippen molar-refractivity contribution in [3.8, 4) is 0 Å². The highest BCUT2D eigenvalue weighted by Gasteiger charge is 2.08. The number of rotatable bonds is 4. The molecule has 0 aliphatic heterocycles. The van der Waals surface area contributed by atoms with Gasteiger partial charge in [-0.15, -0.1) is 0 Å². The zero-order valence-corrected chi connectivity index (χ0v) is 11.7. The zero-order valence-electron chi connectivity index (χ0n) is 10.1. The van der Waals surface area contributed by atoms with E-state index in [0.717, 1.165) is 17.7 Å². The van der Waals surface area contributed by atoms with Crippen molar-refractivity contribution >= 4 is 21.6 Å². The van der Waals surface area contributed by atoms with Crippen LogP contribution >= 0.6 is 15.9 Å². The van der Waals surface area contributed by atoms with Gasteiger partial charge >= 0.3 is 0 Å². The minimum Gasteiger partial charge on any atom is -0.367 e. The number of hydrogen-bond donors (Lipinski definition) is 0. The Morgan fingerprint density at radius 1 is 1.35 bits per heavy atom. The van der Waals surface area contributed by atoms with Crippen LogP contribution in [0.4, 0.5) is 5.69 Å². The second kappa shape index (κ2) is 5.36. The third-order valence-corrected chi connectivity index (χ3v) is 3.45. The summed E-state index contributed by atoms with van der Waals surface area (Å²) < 4.78 is 2.05. The third-order valence-electron chi connectivity index (χ3n) is 2.85. The summed E-state index contributed by atoms with van der Waals surface area (Å²) in [5.41, 5.74) is 2.54. The van der Waals surface area contributed by atoms with E-state index in [1.54, 1.807) is 0 Å². The van der Waals surface area contributed by atoms with Crippen LogP contribution in [-0.2, 0) is 18.9 Å². The molecule has 1 aromatic carbocycles. The molecule has 0 amide bonds. The summed E-state index contributed by atoms with van der Waals surface area (Å²) in [6, 6.07) is 8.41. The first kappa shape index (κ1) is 12.2. The second-order valence-corrected chi connectivity index (χ2v) is 4.63. The van der Waals surface area contributed by atoms with Gasteiger partial charge in [0.05, 0.1) is 6.54 Å². The normalized spacial score (nSPS) is 10.5. The second-order valence-electron chi connectivity index (χ2n) is 4.07. The van der Waals surface area contributed by atoms with Crippen molar-refractivity contribution in [3.63, 3.8) is 0 Å². The molecule has 0 bridgehead atoms. The van der Waals surface area contributed by atoms with Crippen molar-refractivity contribution in [2.24, 2.45) is 7.05 Å². The van der Waals surface area contributed by atoms with E-state index in [0.29, 0.717) is 0 Å². The standard InChI is InChI=1S/C13H16BrN3/c1-16-8-7-15-13(16)10-17(2)12-6-4-3-5-11(12)9-14/h3-8H,9-10H2,1-2H3. The van der Waals surface area contributed by atoms with E-state index in [1.807, 2.05) is 24.0 Å². The van der Waals surface area contributed by atoms with E-state index in [-0.39, 0.29) is 0 Å². The summed E-state index contributed by atoms with van der Waals surface area (Å²) >= 11 is 3.52. The van der Waals surface area contributed by atoms with E-state index >= 15 is 0 Å². The number of imidazole rings is 1. The van der Waals surface area contributed by atoms with Crippen LogP contribution in [-0.4, -0.2) is 16.6 Å². The highest BCUT2D eigenvalue weighted by atomic mass is 79.9. The van der Waals surface area contributed by atoms with Gasteiger partial charge in [0.15, 0.2) is 0 Å². The average Bonchev–Trinajstić information content (AvgIpc) is 2.75. The largest absolute Gasteiger partial charge is 0.367 e. The minimum atomic E-state index is 0.813. The lowest BCUT2D eigenvalue weighted by atomic mass is 10.2. The molecule has 0 saturated carbocycles. The summed E-state index contributed by atoms with van der Waals surface area (Å²) in [6.07, 6.45) is 3.80. The molecule has 0 aliphatic rings. The minimum absolute atomic E-state index is 0.813. The van der Waals surface area contributed by atoms with Crippen molar-refractivity contribution < 1.29 is 0 Å². The third kappa shape index (κ3) is 2.69. The van der Waals surface area contributed by atoms with Gasteiger partial charge in [-0.05, 0) is 11.6 Å². The lowest BCUT2D eigenvalue weighted by molar-refractivity contribution is 0.760. The Balaban J connectivity index is 2.20. The molecule has 0 radical (unpaired) electrons. The maximum Gasteiger partial charge on any atom is 0.127 e. The van der Waals surface area contributed by atoms with Crippen molar-refractivity contribution in [1.82, 2.24) is 9.55 Å². The van der Waals surface area contributed by atoms with Gasteiger partial charge in [-0.1, -0.05) is 34.1 Å². The fraction of sp³-hybridized carbons (Fsp3) is 0.308. The van der Waals surface area contributed by atoms with Crippen molar-refractivity contribution in [1.29, 1.82) is 0 Å². The van der Waals surface area contributed by atoms with Crippen molar-refractivity contribution in [2.45, 2.75) is 11.9 Å². The van der Waals surface area contributed by atoms with Gasteiger partial charge in [0.1, 0.15) is 5.82 Å². The van der Waals surface area contributed by atoms with Crippen molar-refractivity contribution in [2.75, 3.05) is 11.9 Å². The fourth-order valence-electron chi connectivity index (χ4n) is 1.84. The quantitative estimate of drug-likeness (QED) is 0.808. The van der Waals surface area contributed by atoms with Crippen LogP contribution in [0.3, 0.4) is 0 Å². The summed E-state index contributed by atoms with van der Waals surface area (Å²) in [5.74, 6) is 1.07. The summed E-state index contributed by atoms with van der Waals surface area (Å²) in [4.78, 5) is 6.57. The molecule has 2 aromatic rings. The number of anilines is 1. The Morgan fingerprint density at radius 3 is 2.76 bits per heavy atom. The molecular weight excluding hydrogens is 278 g/mol. The molecule has 0 fully saturated rings. The van der Waals surface area contributed by atoms with Gasteiger partial charge in [0.2, 0.25) is 0 Å². The number of aromatic nitrogens is 2. The smallest absolute Gasteiger partial charge is 0.127 e. The Morgan fingerprint density at radius 2 is 2.12 bits per heavy atom. The number of halogens is 1. The topological polar surface area (TPSA) is 21.1 Å². The van der Waals surface area contributed by atoms with Gasteiger partial charge < -0.3 is 9.47 Å². The van der Waals surface area contributed by atoms with Crippen LogP contribution in [0, 0.1) is 0 Å². The van der Waals surface area contributed by atoms with Crippen LogP contribution in [0.25, 0.3) is 0 Å². The number of hydrogen-bond acceptors (Lipinski definition) is 2. The maximum absolute atomic E-state index is 4.35. The number of benzene rings is 1. The fourth-order valence-corrected chi connectivity index (χ4v) is 2.32. The first-order chi connectivity index (χ1) is 8.22. The van der Waals surface area contributed by atoms with Gasteiger partial charge in [0, 0.05) is 37.5 Å². The van der Waals surface area contributed by atoms with Gasteiger partial charge in [-0.2, -0.15) is 0 Å². The maximum atomic E-state index is 4.35. The molecule has 17 heavy (non-hydrogen) atoms. The molecule has 4 heteroatoms. The molecule has 0 spiro atoms. The van der Waals surface area contributed by atoms with Gasteiger partial charge in [-0.25, -0.2) is 4.98 Å². The lowest BCUT2D eigenvalue weighted by Gasteiger charge is -2.21. The Hall–Kier alpha value is -1.29. The Labute approximate surface area is 110 Å². The first-order valence-electron chi connectivity index (χ1n) is 5.53. The zero-order chi connectivity index (χ0) is 12.3. The van der Waals surface area contributed by atoms with E-state index < -0.39 is 0 Å². The molecule has 1 aromatic heterocycles. The van der Waals surface area contributed by atoms with Gasteiger partial charge in [0.25, 0.3) is 0 Å². The number of aryl methyl sites for hydroxylation is 1. The highest BCUT2D eigenvalue weighted by molar-refractivity contribution is 9.08. The molecular formula is C13H16BrN3. The monoisotopic (exact) mass is 293 g/mol. The number of nitrogens with zero attached hydrogens (tertiary/aromatic N) is 3. The van der Waals surface area contributed by atoms with Crippen LogP contribution in [0.15, 0.2) is 36.7 Å². The molecule has 0 unspecified atom stereocenters. The molecule has 0 N–H and O–H groups in total. The molecule has 90 valence electrons. The van der Waals surface area contributed by atoms with Crippen LogP contribution < -0.4 is 4.90 Å². The van der Waals surface area contributed by atoms with Crippen molar-refractivity contribution in [3.05, 3.63) is 48.0 Å². The lowest BCUT2D eigenvalue weighted by Crippen LogP contribution is -2.20. The van der Waals surface area contributed by atoms with Crippen LogP contribution in [0.2, 0.25) is 0 Å². The Bertz CT molecular complexity index is 493. The van der Waals surface area contributed by atoms with E-state index in [2.05, 4.69) is 57.1 Å². The van der Waals surface area contributed by atoms with E-state index in [4.69, 9.17) is 0 Å². The Kier molecular flexibility index (Phi) is 3.84. The molecule has 0 atom stereocenters. The molecule has 3 nitrogen and oxygen atoms in total. The molecule has 1 heterocycles. The molecule has 0 aliphatic carbocycles. The van der Waals surface area contributed by atoms with Crippen LogP contribution in [0.1, 0.15) is 11.4 Å². The summed E-state index contributed by atoms with van der Waals surface area (Å²) in [5, 5.41) is 0.869.